The van der Waals surface area contributed by atoms with Crippen molar-refractivity contribution < 1.29 is 9.59 Å². The van der Waals surface area contributed by atoms with Gasteiger partial charge in [-0.05, 0) is 98.0 Å². The van der Waals surface area contributed by atoms with Gasteiger partial charge in [0.1, 0.15) is 0 Å². The first kappa shape index (κ1) is 31.2. The number of hydrogen-bond donors (Lipinski definition) is 4. The predicted molar refractivity (Wildman–Crippen MR) is 170 cm³/mol. The molecule has 2 heterocycles. The Morgan fingerprint density at radius 2 is 1.68 bits per heavy atom. The van der Waals surface area contributed by atoms with Gasteiger partial charge >= 0.3 is 0 Å². The van der Waals surface area contributed by atoms with Crippen LogP contribution < -0.4 is 21.7 Å². The van der Waals surface area contributed by atoms with E-state index in [9.17, 15) is 9.59 Å². The zero-order valence-electron chi connectivity index (χ0n) is 24.3. The molecule has 0 aliphatic heterocycles. The maximum atomic E-state index is 13.9. The molecule has 2 fully saturated rings. The highest BCUT2D eigenvalue weighted by Crippen LogP contribution is 2.32. The van der Waals surface area contributed by atoms with Gasteiger partial charge in [0.15, 0.2) is 0 Å². The van der Waals surface area contributed by atoms with Gasteiger partial charge in [-0.2, -0.15) is 5.21 Å². The molecule has 13 heteroatoms. The number of nitrogens with zero attached hydrogens (tertiary/aromatic N) is 6. The van der Waals surface area contributed by atoms with Crippen molar-refractivity contribution >= 4 is 35.9 Å². The van der Waals surface area contributed by atoms with Crippen LogP contribution in [0.2, 0.25) is 0 Å². The van der Waals surface area contributed by atoms with Crippen molar-refractivity contribution in [1.82, 2.24) is 30.6 Å². The fourth-order valence-electron chi connectivity index (χ4n) is 5.58. The number of tetrazole rings is 1. The number of anilines is 2. The van der Waals surface area contributed by atoms with Crippen LogP contribution in [0, 0.1) is 11.8 Å². The summed E-state index contributed by atoms with van der Waals surface area (Å²) in [5.74, 6) is 0.523. The lowest BCUT2D eigenvalue weighted by atomic mass is 9.81. The Balaban J connectivity index is 0.00000384. The monoisotopic (exact) mass is 616 g/mol. The number of carbonyl (C=O) groups excluding carboxylic acids is 2. The SMILES string of the molecule is Cl.NCC1CCC(C(=O)N(C(=O)[C@@H](N)Cc2cccc(-c3cnc(NC4CC4)nc3)c2)c2ccc(-c3nn[nH]n3)cc2)CC1. The first-order valence-electron chi connectivity index (χ1n) is 14.8. The van der Waals surface area contributed by atoms with Crippen molar-refractivity contribution in [3.63, 3.8) is 0 Å². The molecule has 230 valence electrons. The molecule has 2 amide bonds. The molecule has 0 unspecified atom stereocenters. The Bertz CT molecular complexity index is 1540. The number of nitrogens with two attached hydrogens (primary N) is 2. The summed E-state index contributed by atoms with van der Waals surface area (Å²) in [5, 5.41) is 17.3. The van der Waals surface area contributed by atoms with Gasteiger partial charge in [-0.1, -0.05) is 24.3 Å². The summed E-state index contributed by atoms with van der Waals surface area (Å²) < 4.78 is 0. The fourth-order valence-corrected chi connectivity index (χ4v) is 5.58. The number of rotatable bonds is 10. The lowest BCUT2D eigenvalue weighted by Crippen LogP contribution is -2.50. The van der Waals surface area contributed by atoms with E-state index < -0.39 is 11.9 Å². The van der Waals surface area contributed by atoms with Crippen LogP contribution in [0.4, 0.5) is 11.6 Å². The molecule has 6 rings (SSSR count). The molecule has 2 aromatic carbocycles. The van der Waals surface area contributed by atoms with Crippen LogP contribution in [0.3, 0.4) is 0 Å². The molecular weight excluding hydrogens is 580 g/mol. The molecule has 2 aliphatic carbocycles. The molecule has 4 aromatic rings. The number of amides is 2. The second-order valence-electron chi connectivity index (χ2n) is 11.5. The Morgan fingerprint density at radius 1 is 0.955 bits per heavy atom. The fraction of sp³-hybridized carbons (Fsp3) is 0.387. The van der Waals surface area contributed by atoms with E-state index in [2.05, 4.69) is 35.9 Å². The van der Waals surface area contributed by atoms with Crippen molar-refractivity contribution in [3.05, 3.63) is 66.5 Å². The Labute approximate surface area is 261 Å². The number of nitrogens with one attached hydrogen (secondary N) is 2. The smallest absolute Gasteiger partial charge is 0.251 e. The van der Waals surface area contributed by atoms with Crippen molar-refractivity contribution in [3.8, 4) is 22.5 Å². The molecule has 2 aromatic heterocycles. The molecular formula is C31H37ClN10O2. The van der Waals surface area contributed by atoms with E-state index in [0.717, 1.165) is 42.4 Å². The van der Waals surface area contributed by atoms with Crippen LogP contribution in [0.15, 0.2) is 60.9 Å². The van der Waals surface area contributed by atoms with Crippen molar-refractivity contribution in [2.45, 2.75) is 57.0 Å². The van der Waals surface area contributed by atoms with Crippen LogP contribution in [0.1, 0.15) is 44.1 Å². The molecule has 0 bridgehead atoms. The van der Waals surface area contributed by atoms with Gasteiger partial charge in [0.2, 0.25) is 17.7 Å². The number of benzene rings is 2. The molecule has 6 N–H and O–H groups in total. The van der Waals surface area contributed by atoms with Gasteiger partial charge in [-0.3, -0.25) is 9.59 Å². The van der Waals surface area contributed by atoms with Gasteiger partial charge in [0, 0.05) is 35.5 Å². The zero-order chi connectivity index (χ0) is 29.8. The number of aromatic nitrogens is 6. The average molecular weight is 617 g/mol. The first-order chi connectivity index (χ1) is 21.0. The highest BCUT2D eigenvalue weighted by molar-refractivity contribution is 6.17. The molecule has 44 heavy (non-hydrogen) atoms. The third-order valence-electron chi connectivity index (χ3n) is 8.29. The van der Waals surface area contributed by atoms with E-state index >= 15 is 0 Å². The minimum absolute atomic E-state index is 0. The van der Waals surface area contributed by atoms with Crippen LogP contribution >= 0.6 is 12.4 Å². The topological polar surface area (TPSA) is 182 Å². The maximum absolute atomic E-state index is 13.9. The minimum Gasteiger partial charge on any atom is -0.351 e. The number of imide groups is 1. The van der Waals surface area contributed by atoms with Gasteiger partial charge in [-0.15, -0.1) is 22.6 Å². The normalized spacial score (nSPS) is 18.6. The number of aromatic amines is 1. The van der Waals surface area contributed by atoms with Crippen LogP contribution in [0.5, 0.6) is 0 Å². The highest BCUT2D eigenvalue weighted by atomic mass is 35.5. The van der Waals surface area contributed by atoms with Crippen molar-refractivity contribution in [2.24, 2.45) is 23.3 Å². The third kappa shape index (κ3) is 7.26. The molecule has 0 spiro atoms. The highest BCUT2D eigenvalue weighted by Gasteiger charge is 2.35. The third-order valence-corrected chi connectivity index (χ3v) is 8.29. The summed E-state index contributed by atoms with van der Waals surface area (Å²) in [7, 11) is 0. The second kappa shape index (κ2) is 14.0. The number of carbonyl (C=O) groups is 2. The molecule has 0 saturated heterocycles. The van der Waals surface area contributed by atoms with E-state index in [1.807, 2.05) is 24.3 Å². The van der Waals surface area contributed by atoms with Gasteiger partial charge in [0.25, 0.3) is 5.91 Å². The van der Waals surface area contributed by atoms with E-state index in [4.69, 9.17) is 11.5 Å². The van der Waals surface area contributed by atoms with Crippen molar-refractivity contribution in [2.75, 3.05) is 16.8 Å². The van der Waals surface area contributed by atoms with E-state index in [1.54, 1.807) is 36.7 Å². The lowest BCUT2D eigenvalue weighted by molar-refractivity contribution is -0.130. The Hall–Kier alpha value is -4.26. The van der Waals surface area contributed by atoms with Gasteiger partial charge in [0.05, 0.1) is 11.7 Å². The zero-order valence-corrected chi connectivity index (χ0v) is 25.1. The lowest BCUT2D eigenvalue weighted by Gasteiger charge is -2.32. The number of halogens is 1. The standard InChI is InChI=1S/C31H36N10O2.ClH/c32-16-19-4-6-22(7-5-19)29(42)41(26-12-8-21(9-13-26)28-37-39-40-38-28)30(43)27(33)15-20-2-1-3-23(14-20)24-17-34-31(35-18-24)36-25-10-11-25;/h1-3,8-9,12-14,17-19,22,25,27H,4-7,10-11,15-16,32-33H2,(H,34,35,36)(H,37,38,39,40);1H/t19?,22?,27-;/m0./s1. The van der Waals surface area contributed by atoms with E-state index in [0.29, 0.717) is 54.4 Å². The van der Waals surface area contributed by atoms with Crippen molar-refractivity contribution in [1.29, 1.82) is 0 Å². The van der Waals surface area contributed by atoms with Gasteiger partial charge in [-0.25, -0.2) is 14.9 Å². The quantitative estimate of drug-likeness (QED) is 0.206. The molecule has 12 nitrogen and oxygen atoms in total. The van der Waals surface area contributed by atoms with E-state index in [1.165, 1.54) is 4.90 Å². The summed E-state index contributed by atoms with van der Waals surface area (Å²) in [6.07, 6.45) is 9.27. The summed E-state index contributed by atoms with van der Waals surface area (Å²) in [4.78, 5) is 38.0. The van der Waals surface area contributed by atoms with E-state index in [-0.39, 0.29) is 30.7 Å². The number of hydrogen-bond acceptors (Lipinski definition) is 10. The molecule has 2 aliphatic rings. The molecule has 0 radical (unpaired) electrons. The van der Waals surface area contributed by atoms with Gasteiger partial charge < -0.3 is 16.8 Å². The first-order valence-corrected chi connectivity index (χ1v) is 14.8. The largest absolute Gasteiger partial charge is 0.351 e. The Kier molecular flexibility index (Phi) is 9.93. The summed E-state index contributed by atoms with van der Waals surface area (Å²) >= 11 is 0. The maximum Gasteiger partial charge on any atom is 0.251 e. The Morgan fingerprint density at radius 3 is 2.32 bits per heavy atom. The average Bonchev–Trinajstić information content (AvgIpc) is 3.69. The summed E-state index contributed by atoms with van der Waals surface area (Å²) in [6, 6.07) is 14.3. The second-order valence-corrected chi connectivity index (χ2v) is 11.5. The minimum atomic E-state index is -0.933. The molecule has 2 saturated carbocycles. The molecule has 1 atom stereocenters. The van der Waals surface area contributed by atoms with Crippen LogP contribution in [0.25, 0.3) is 22.5 Å². The summed E-state index contributed by atoms with van der Waals surface area (Å²) in [5.41, 5.74) is 16.3. The summed E-state index contributed by atoms with van der Waals surface area (Å²) in [6.45, 7) is 0.610. The van der Waals surface area contributed by atoms with Crippen LogP contribution in [-0.4, -0.2) is 61.0 Å². The predicted octanol–water partition coefficient (Wildman–Crippen LogP) is 3.51. The number of H-pyrrole nitrogens is 1. The van der Waals surface area contributed by atoms with Crippen LogP contribution in [-0.2, 0) is 16.0 Å².